The SMILES string of the molecule is CCCCCC#CC(O)CCc1ccccc1. The number of aryl methyl sites for hydroxylation is 1. The van der Waals surface area contributed by atoms with Crippen molar-refractivity contribution >= 4 is 0 Å². The zero-order valence-electron chi connectivity index (χ0n) is 10.7. The number of unbranched alkanes of at least 4 members (excludes halogenated alkanes) is 3. The Morgan fingerprint density at radius 1 is 1.18 bits per heavy atom. The molecule has 92 valence electrons. The van der Waals surface area contributed by atoms with Crippen LogP contribution in [0.1, 0.15) is 44.6 Å². The van der Waals surface area contributed by atoms with Crippen molar-refractivity contribution < 1.29 is 5.11 Å². The molecule has 0 aliphatic carbocycles. The topological polar surface area (TPSA) is 20.2 Å². The van der Waals surface area contributed by atoms with Gasteiger partial charge in [0.15, 0.2) is 0 Å². The molecule has 1 N–H and O–H groups in total. The fourth-order valence-electron chi connectivity index (χ4n) is 1.67. The van der Waals surface area contributed by atoms with Crippen molar-refractivity contribution in [2.45, 2.75) is 51.6 Å². The minimum absolute atomic E-state index is 0.475. The average molecular weight is 230 g/mol. The smallest absolute Gasteiger partial charge is 0.115 e. The fraction of sp³-hybridized carbons (Fsp3) is 0.500. The van der Waals surface area contributed by atoms with Crippen LogP contribution >= 0.6 is 0 Å². The van der Waals surface area contributed by atoms with Crippen molar-refractivity contribution in [3.63, 3.8) is 0 Å². The van der Waals surface area contributed by atoms with Crippen molar-refractivity contribution in [2.75, 3.05) is 0 Å². The van der Waals surface area contributed by atoms with Gasteiger partial charge in [-0.1, -0.05) is 56.0 Å². The minimum atomic E-state index is -0.475. The normalized spacial score (nSPS) is 11.6. The summed E-state index contributed by atoms with van der Waals surface area (Å²) in [6.07, 6.45) is 5.66. The molecule has 1 aromatic rings. The molecule has 1 heteroatoms. The molecule has 1 aromatic carbocycles. The van der Waals surface area contributed by atoms with E-state index in [0.29, 0.717) is 0 Å². The van der Waals surface area contributed by atoms with Gasteiger partial charge in [0.25, 0.3) is 0 Å². The first-order valence-corrected chi connectivity index (χ1v) is 6.53. The highest BCUT2D eigenvalue weighted by Crippen LogP contribution is 2.04. The minimum Gasteiger partial charge on any atom is -0.380 e. The molecule has 0 aromatic heterocycles. The van der Waals surface area contributed by atoms with Gasteiger partial charge in [0.2, 0.25) is 0 Å². The molecule has 1 nitrogen and oxygen atoms in total. The quantitative estimate of drug-likeness (QED) is 0.585. The lowest BCUT2D eigenvalue weighted by atomic mass is 10.1. The molecule has 0 heterocycles. The van der Waals surface area contributed by atoms with Gasteiger partial charge in [-0.15, -0.1) is 5.92 Å². The van der Waals surface area contributed by atoms with Gasteiger partial charge in [0.1, 0.15) is 6.10 Å². The van der Waals surface area contributed by atoms with E-state index in [9.17, 15) is 5.11 Å². The van der Waals surface area contributed by atoms with Crippen LogP contribution in [-0.2, 0) is 6.42 Å². The summed E-state index contributed by atoms with van der Waals surface area (Å²) < 4.78 is 0. The van der Waals surface area contributed by atoms with Gasteiger partial charge in [0, 0.05) is 6.42 Å². The molecule has 0 saturated carbocycles. The molecule has 0 amide bonds. The van der Waals surface area contributed by atoms with E-state index in [1.807, 2.05) is 18.2 Å². The maximum absolute atomic E-state index is 9.69. The summed E-state index contributed by atoms with van der Waals surface area (Å²) >= 11 is 0. The van der Waals surface area contributed by atoms with Crippen LogP contribution < -0.4 is 0 Å². The molecule has 1 atom stereocenters. The van der Waals surface area contributed by atoms with Crippen molar-refractivity contribution in [1.82, 2.24) is 0 Å². The number of benzene rings is 1. The van der Waals surface area contributed by atoms with E-state index in [4.69, 9.17) is 0 Å². The molecule has 0 spiro atoms. The molecule has 0 fully saturated rings. The largest absolute Gasteiger partial charge is 0.380 e. The van der Waals surface area contributed by atoms with E-state index in [2.05, 4.69) is 30.9 Å². The van der Waals surface area contributed by atoms with Gasteiger partial charge >= 0.3 is 0 Å². The van der Waals surface area contributed by atoms with Crippen molar-refractivity contribution in [3.8, 4) is 11.8 Å². The highest BCUT2D eigenvalue weighted by molar-refractivity contribution is 5.15. The Balaban J connectivity index is 2.18. The highest BCUT2D eigenvalue weighted by Gasteiger charge is 1.99. The number of hydrogen-bond donors (Lipinski definition) is 1. The summed E-state index contributed by atoms with van der Waals surface area (Å²) in [5, 5.41) is 9.69. The summed E-state index contributed by atoms with van der Waals surface area (Å²) in [6.45, 7) is 2.18. The Labute approximate surface area is 105 Å². The second kappa shape index (κ2) is 8.84. The highest BCUT2D eigenvalue weighted by atomic mass is 16.3. The number of hydrogen-bond acceptors (Lipinski definition) is 1. The molecule has 0 saturated heterocycles. The molecule has 0 bridgehead atoms. The second-order valence-electron chi connectivity index (χ2n) is 4.32. The molecule has 17 heavy (non-hydrogen) atoms. The number of aliphatic hydroxyl groups is 1. The van der Waals surface area contributed by atoms with Crippen molar-refractivity contribution in [3.05, 3.63) is 35.9 Å². The lowest BCUT2D eigenvalue weighted by Crippen LogP contribution is -2.04. The maximum atomic E-state index is 9.69. The van der Waals surface area contributed by atoms with E-state index >= 15 is 0 Å². The summed E-state index contributed by atoms with van der Waals surface area (Å²) in [6, 6.07) is 10.2. The lowest BCUT2D eigenvalue weighted by molar-refractivity contribution is 0.222. The number of aliphatic hydroxyl groups excluding tert-OH is 1. The zero-order chi connectivity index (χ0) is 12.3. The number of rotatable bonds is 6. The van der Waals surface area contributed by atoms with E-state index in [1.54, 1.807) is 0 Å². The summed E-state index contributed by atoms with van der Waals surface area (Å²) in [5.41, 5.74) is 1.26. The van der Waals surface area contributed by atoms with Crippen molar-refractivity contribution in [1.29, 1.82) is 0 Å². The zero-order valence-corrected chi connectivity index (χ0v) is 10.7. The first-order valence-electron chi connectivity index (χ1n) is 6.53. The third kappa shape index (κ3) is 6.81. The van der Waals surface area contributed by atoms with Crippen LogP contribution in [0.4, 0.5) is 0 Å². The Morgan fingerprint density at radius 2 is 1.94 bits per heavy atom. The van der Waals surface area contributed by atoms with Crippen LogP contribution in [0.5, 0.6) is 0 Å². The van der Waals surface area contributed by atoms with Crippen LogP contribution in [0.2, 0.25) is 0 Å². The Morgan fingerprint density at radius 3 is 2.65 bits per heavy atom. The van der Waals surface area contributed by atoms with E-state index in [-0.39, 0.29) is 0 Å². The van der Waals surface area contributed by atoms with Gasteiger partial charge in [-0.25, -0.2) is 0 Å². The second-order valence-corrected chi connectivity index (χ2v) is 4.32. The Hall–Kier alpha value is -1.26. The lowest BCUT2D eigenvalue weighted by Gasteiger charge is -2.03. The standard InChI is InChI=1S/C16H22O/c1-2-3-4-5-9-12-16(17)14-13-15-10-7-6-8-11-15/h6-8,10-11,16-17H,2-5,13-14H2,1H3. The molecule has 0 aliphatic heterocycles. The van der Waals surface area contributed by atoms with Crippen LogP contribution in [0.25, 0.3) is 0 Å². The van der Waals surface area contributed by atoms with Crippen molar-refractivity contribution in [2.24, 2.45) is 0 Å². The van der Waals surface area contributed by atoms with Crippen LogP contribution in [0, 0.1) is 11.8 Å². The van der Waals surface area contributed by atoms with E-state index < -0.39 is 6.10 Å². The van der Waals surface area contributed by atoms with Crippen LogP contribution in [-0.4, -0.2) is 11.2 Å². The third-order valence-corrected chi connectivity index (χ3v) is 2.72. The predicted octanol–water partition coefficient (Wildman–Crippen LogP) is 3.56. The first-order chi connectivity index (χ1) is 8.33. The van der Waals surface area contributed by atoms with E-state index in [1.165, 1.54) is 18.4 Å². The van der Waals surface area contributed by atoms with Gasteiger partial charge < -0.3 is 5.11 Å². The van der Waals surface area contributed by atoms with Crippen LogP contribution in [0.15, 0.2) is 30.3 Å². The third-order valence-electron chi connectivity index (χ3n) is 2.72. The molecular formula is C16H22O. The fourth-order valence-corrected chi connectivity index (χ4v) is 1.67. The molecule has 0 aliphatic rings. The Bertz CT molecular complexity index is 345. The summed E-state index contributed by atoms with van der Waals surface area (Å²) in [4.78, 5) is 0. The summed E-state index contributed by atoms with van der Waals surface area (Å²) in [7, 11) is 0. The maximum Gasteiger partial charge on any atom is 0.115 e. The molecular weight excluding hydrogens is 208 g/mol. The van der Waals surface area contributed by atoms with Gasteiger partial charge in [-0.2, -0.15) is 0 Å². The molecule has 1 unspecified atom stereocenters. The molecule has 1 rings (SSSR count). The average Bonchev–Trinajstić information content (AvgIpc) is 2.37. The Kier molecular flexibility index (Phi) is 7.18. The molecule has 0 radical (unpaired) electrons. The van der Waals surface area contributed by atoms with Gasteiger partial charge in [-0.05, 0) is 24.8 Å². The van der Waals surface area contributed by atoms with E-state index in [0.717, 1.165) is 25.7 Å². The van der Waals surface area contributed by atoms with Gasteiger partial charge in [-0.3, -0.25) is 0 Å². The predicted molar refractivity (Wildman–Crippen MR) is 72.7 cm³/mol. The first kappa shape index (κ1) is 13.8. The monoisotopic (exact) mass is 230 g/mol. The van der Waals surface area contributed by atoms with Crippen LogP contribution in [0.3, 0.4) is 0 Å². The van der Waals surface area contributed by atoms with Gasteiger partial charge in [0.05, 0.1) is 0 Å². The summed E-state index contributed by atoms with van der Waals surface area (Å²) in [5.74, 6) is 5.97.